The van der Waals surface area contributed by atoms with Gasteiger partial charge in [-0.2, -0.15) is 0 Å². The van der Waals surface area contributed by atoms with E-state index in [1.165, 1.54) is 90.5 Å². The molecule has 212 valence electrons. The summed E-state index contributed by atoms with van der Waals surface area (Å²) in [4.78, 5) is 0. The predicted octanol–water partition coefficient (Wildman–Crippen LogP) is 7.57. The number of nitrogens with zero attached hydrogens (tertiary/aromatic N) is 3. The summed E-state index contributed by atoms with van der Waals surface area (Å²) in [5, 5.41) is 0. The molecule has 3 heteroatoms. The lowest BCUT2D eigenvalue weighted by molar-refractivity contribution is -1.02. The Kier molecular flexibility index (Phi) is 5.27. The van der Waals surface area contributed by atoms with Gasteiger partial charge in [-0.3, -0.25) is 4.48 Å². The highest BCUT2D eigenvalue weighted by molar-refractivity contribution is 5.21. The van der Waals surface area contributed by atoms with Crippen LogP contribution in [-0.4, -0.2) is 84.9 Å². The van der Waals surface area contributed by atoms with Gasteiger partial charge in [-0.15, -0.1) is 0 Å². The fourth-order valence-corrected chi connectivity index (χ4v) is 13.2. The maximum atomic E-state index is 2.75. The molecule has 0 N–H and O–H groups in total. The number of hydrogen-bond acceptors (Lipinski definition) is 0. The third-order valence-corrected chi connectivity index (χ3v) is 17.5. The Morgan fingerprint density at radius 1 is 0.595 bits per heavy atom. The summed E-state index contributed by atoms with van der Waals surface area (Å²) < 4.78 is 4.27. The van der Waals surface area contributed by atoms with Gasteiger partial charge in [0, 0.05) is 51.4 Å². The van der Waals surface area contributed by atoms with Gasteiger partial charge < -0.3 is 8.97 Å². The number of rotatable bonds is 10. The molecule has 2 aliphatic heterocycles. The predicted molar refractivity (Wildman–Crippen MR) is 156 cm³/mol. The molecule has 5 unspecified atom stereocenters. The van der Waals surface area contributed by atoms with E-state index in [1.54, 1.807) is 0 Å². The van der Waals surface area contributed by atoms with Gasteiger partial charge in [-0.25, -0.2) is 0 Å². The summed E-state index contributed by atoms with van der Waals surface area (Å²) in [6.07, 6.45) is 17.2. The van der Waals surface area contributed by atoms with Gasteiger partial charge in [-0.1, -0.05) is 27.7 Å². The van der Waals surface area contributed by atoms with E-state index >= 15 is 0 Å². The van der Waals surface area contributed by atoms with Crippen LogP contribution in [-0.2, 0) is 0 Å². The minimum Gasteiger partial charge on any atom is -0.316 e. The topological polar surface area (TPSA) is 0 Å². The largest absolute Gasteiger partial charge is 0.316 e. The van der Waals surface area contributed by atoms with Crippen LogP contribution >= 0.6 is 0 Å². The van der Waals surface area contributed by atoms with Crippen molar-refractivity contribution in [1.82, 2.24) is 0 Å². The van der Waals surface area contributed by atoms with E-state index in [0.29, 0.717) is 33.2 Å². The highest BCUT2D eigenvalue weighted by Gasteiger charge is 2.93. The van der Waals surface area contributed by atoms with Crippen molar-refractivity contribution in [3.8, 4) is 0 Å². The molecule has 37 heavy (non-hydrogen) atoms. The molecular formula is C34H64N3+3. The van der Waals surface area contributed by atoms with E-state index in [9.17, 15) is 0 Å². The Bertz CT molecular complexity index is 936. The zero-order valence-corrected chi connectivity index (χ0v) is 27.1. The number of quaternary nitrogens is 3. The maximum absolute atomic E-state index is 2.75. The van der Waals surface area contributed by atoms with Gasteiger partial charge in [0.15, 0.2) is 22.2 Å². The van der Waals surface area contributed by atoms with Gasteiger partial charge in [0.25, 0.3) is 0 Å². The van der Waals surface area contributed by atoms with Gasteiger partial charge >= 0.3 is 0 Å². The molecule has 2 heterocycles. The van der Waals surface area contributed by atoms with E-state index in [1.807, 2.05) is 0 Å². The van der Waals surface area contributed by atoms with Crippen LogP contribution in [0.2, 0.25) is 0 Å². The third kappa shape index (κ3) is 2.44. The zero-order chi connectivity index (χ0) is 27.3. The molecule has 5 atom stereocenters. The van der Waals surface area contributed by atoms with Gasteiger partial charge in [0.2, 0.25) is 0 Å². The first-order valence-corrected chi connectivity index (χ1v) is 16.7. The second-order valence-corrected chi connectivity index (χ2v) is 17.0. The quantitative estimate of drug-likeness (QED) is 0.208. The Balaban J connectivity index is 1.23. The molecule has 2 saturated heterocycles. The van der Waals surface area contributed by atoms with E-state index < -0.39 is 0 Å². The van der Waals surface area contributed by atoms with Crippen molar-refractivity contribution < 1.29 is 13.4 Å². The Morgan fingerprint density at radius 3 is 1.30 bits per heavy atom. The molecule has 6 fully saturated rings. The average molecular weight is 515 g/mol. The van der Waals surface area contributed by atoms with Crippen LogP contribution in [0.1, 0.15) is 146 Å². The fraction of sp³-hybridized carbons (Fsp3) is 1.00. The lowest BCUT2D eigenvalue weighted by Gasteiger charge is -2.62. The number of likely N-dealkylation sites (N-methyl/N-ethyl adjacent to an activating group) is 1. The summed E-state index contributed by atoms with van der Waals surface area (Å²) in [5.41, 5.74) is 3.06. The molecule has 6 rings (SSSR count). The van der Waals surface area contributed by atoms with Crippen LogP contribution in [0.3, 0.4) is 0 Å². The van der Waals surface area contributed by atoms with Crippen LogP contribution in [0.4, 0.5) is 0 Å². The van der Waals surface area contributed by atoms with Crippen LogP contribution in [0.5, 0.6) is 0 Å². The second kappa shape index (κ2) is 7.20. The van der Waals surface area contributed by atoms with E-state index in [0.717, 1.165) is 24.2 Å². The average Bonchev–Trinajstić information content (AvgIpc) is 3.78. The first kappa shape index (κ1) is 27.1. The molecule has 4 aliphatic carbocycles. The van der Waals surface area contributed by atoms with Crippen molar-refractivity contribution in [2.24, 2.45) is 0 Å². The summed E-state index contributed by atoms with van der Waals surface area (Å²) in [6, 6.07) is 3.60. The SMILES string of the molecule is CCC1(C)C(C)(CC)[N+]1(C)C1CC([N+](C)(C2CC([N+]3(C4(C)CC4)C(C)(CC)C3(C)CC)C2)C2(C)CC2)C1. The van der Waals surface area contributed by atoms with Crippen molar-refractivity contribution in [2.45, 2.75) is 204 Å². The fourth-order valence-electron chi connectivity index (χ4n) is 13.2. The molecule has 6 aliphatic rings. The minimum atomic E-state index is 0.483. The maximum Gasteiger partial charge on any atom is 0.152 e. The van der Waals surface area contributed by atoms with Crippen LogP contribution in [0.25, 0.3) is 0 Å². The normalized spacial score (nSPS) is 58.1. The zero-order valence-electron chi connectivity index (χ0n) is 27.1. The number of hydrogen-bond donors (Lipinski definition) is 0. The highest BCUT2D eigenvalue weighted by atomic mass is 15.7. The van der Waals surface area contributed by atoms with Gasteiger partial charge in [-0.05, 0) is 41.5 Å². The lowest BCUT2D eigenvalue weighted by Crippen LogP contribution is -2.75. The van der Waals surface area contributed by atoms with Crippen molar-refractivity contribution in [1.29, 1.82) is 0 Å². The highest BCUT2D eigenvalue weighted by Crippen LogP contribution is 2.77. The van der Waals surface area contributed by atoms with Crippen molar-refractivity contribution in [3.05, 3.63) is 0 Å². The third-order valence-electron chi connectivity index (χ3n) is 17.5. The van der Waals surface area contributed by atoms with Crippen molar-refractivity contribution >= 4 is 0 Å². The summed E-state index contributed by atoms with van der Waals surface area (Å²) >= 11 is 0. The van der Waals surface area contributed by atoms with Gasteiger partial charge in [0.05, 0.1) is 50.9 Å². The molecule has 0 bridgehead atoms. The molecule has 0 amide bonds. The van der Waals surface area contributed by atoms with Crippen LogP contribution < -0.4 is 0 Å². The van der Waals surface area contributed by atoms with Gasteiger partial charge in [0.1, 0.15) is 24.2 Å². The van der Waals surface area contributed by atoms with Crippen molar-refractivity contribution in [2.75, 3.05) is 14.1 Å². The van der Waals surface area contributed by atoms with Crippen molar-refractivity contribution in [3.63, 3.8) is 0 Å². The smallest absolute Gasteiger partial charge is 0.152 e. The summed E-state index contributed by atoms with van der Waals surface area (Å²) in [7, 11) is 5.39. The molecule has 0 aromatic carbocycles. The van der Waals surface area contributed by atoms with Crippen LogP contribution in [0, 0.1) is 0 Å². The monoisotopic (exact) mass is 515 g/mol. The first-order valence-electron chi connectivity index (χ1n) is 16.7. The summed E-state index contributed by atoms with van der Waals surface area (Å²) in [6.45, 7) is 25.8. The standard InChI is InChI=1S/C34H64N3/c1-13-31(7)32(8,14-2)36(31,12)27-21-25(22-27)35(11,29(5)17-18-29)26-23-28(24-26)37(30(6)19-20-30)33(9,15-3)34(37,10)16-4/h25-28H,13-24H2,1-12H3/q+3. The van der Waals surface area contributed by atoms with Crippen LogP contribution in [0.15, 0.2) is 0 Å². The molecule has 0 aromatic heterocycles. The van der Waals surface area contributed by atoms with E-state index in [2.05, 4.69) is 83.3 Å². The molecule has 0 aromatic rings. The Hall–Kier alpha value is -0.120. The van der Waals surface area contributed by atoms with E-state index in [4.69, 9.17) is 0 Å². The molecule has 4 saturated carbocycles. The van der Waals surface area contributed by atoms with E-state index in [-0.39, 0.29) is 0 Å². The Morgan fingerprint density at radius 2 is 0.973 bits per heavy atom. The summed E-state index contributed by atoms with van der Waals surface area (Å²) in [5.74, 6) is 0. The molecule has 0 spiro atoms. The lowest BCUT2D eigenvalue weighted by atomic mass is 9.73. The first-order chi connectivity index (χ1) is 17.1. The molecule has 3 nitrogen and oxygen atoms in total. The second-order valence-electron chi connectivity index (χ2n) is 17.0. The molecular weight excluding hydrogens is 450 g/mol. The molecule has 0 radical (unpaired) electrons. The minimum absolute atomic E-state index is 0.483. The Labute approximate surface area is 231 Å².